The molecule has 0 saturated carbocycles. The Morgan fingerprint density at radius 2 is 1.59 bits per heavy atom. The molecule has 1 saturated heterocycles. The Hall–Kier alpha value is -4.21. The molecule has 1 aliphatic heterocycles. The van der Waals surface area contributed by atoms with Crippen LogP contribution in [0.5, 0.6) is 11.5 Å². The molecule has 202 valence electrons. The number of ketones is 1. The molecule has 1 unspecified atom stereocenters. The van der Waals surface area contributed by atoms with E-state index in [1.54, 1.807) is 24.3 Å². The lowest BCUT2D eigenvalue weighted by atomic mass is 10.1. The first-order valence-corrected chi connectivity index (χ1v) is 12.6. The van der Waals surface area contributed by atoms with E-state index in [1.165, 1.54) is 44.6 Å². The van der Waals surface area contributed by atoms with Crippen molar-refractivity contribution in [2.24, 2.45) is 0 Å². The largest absolute Gasteiger partial charge is 0.493 e. The van der Waals surface area contributed by atoms with Crippen LogP contribution in [0.15, 0.2) is 66.7 Å². The quantitative estimate of drug-likeness (QED) is 0.218. The first-order valence-electron chi connectivity index (χ1n) is 12.2. The summed E-state index contributed by atoms with van der Waals surface area (Å²) in [4.78, 5) is 51.6. The Balaban J connectivity index is 1.31. The number of methoxy groups -OCH3 is 2. The number of Topliss-reactive ketones (excluding diaryl/α,β-unsaturated/α-hetero) is 1. The number of carbonyl (C=O) groups excluding carboxylic acids is 4. The van der Waals surface area contributed by atoms with Gasteiger partial charge in [-0.1, -0.05) is 23.7 Å². The van der Waals surface area contributed by atoms with Gasteiger partial charge in [0.25, 0.3) is 5.91 Å². The van der Waals surface area contributed by atoms with E-state index in [4.69, 9.17) is 25.8 Å². The fraction of sp³-hybridized carbons (Fsp3) is 0.241. The van der Waals surface area contributed by atoms with Gasteiger partial charge in [-0.25, -0.2) is 9.69 Å². The minimum atomic E-state index is -0.712. The van der Waals surface area contributed by atoms with Crippen molar-refractivity contribution in [1.82, 2.24) is 5.32 Å². The van der Waals surface area contributed by atoms with Crippen LogP contribution in [0.4, 0.5) is 5.69 Å². The maximum absolute atomic E-state index is 12.9. The fourth-order valence-corrected chi connectivity index (χ4v) is 4.28. The molecule has 4 rings (SSSR count). The number of amides is 2. The highest BCUT2D eigenvalue weighted by atomic mass is 35.5. The molecule has 1 heterocycles. The highest BCUT2D eigenvalue weighted by molar-refractivity contribution is 6.30. The summed E-state index contributed by atoms with van der Waals surface area (Å²) >= 11 is 5.91. The molecule has 0 radical (unpaired) electrons. The summed E-state index contributed by atoms with van der Waals surface area (Å²) in [5.74, 6) is -0.955. The lowest BCUT2D eigenvalue weighted by Crippen LogP contribution is -2.39. The third-order valence-corrected chi connectivity index (χ3v) is 6.52. The van der Waals surface area contributed by atoms with Crippen LogP contribution in [0.2, 0.25) is 5.02 Å². The predicted octanol–water partition coefficient (Wildman–Crippen LogP) is 3.86. The Kier molecular flexibility index (Phi) is 8.96. The molecule has 3 aromatic rings. The zero-order valence-corrected chi connectivity index (χ0v) is 22.2. The minimum absolute atomic E-state index is 0.0432. The zero-order chi connectivity index (χ0) is 27.9. The van der Waals surface area contributed by atoms with Crippen LogP contribution < -0.4 is 19.7 Å². The summed E-state index contributed by atoms with van der Waals surface area (Å²) in [5, 5.41) is 3.80. The van der Waals surface area contributed by atoms with E-state index >= 15 is 0 Å². The number of hydrogen-bond acceptors (Lipinski definition) is 8. The molecule has 1 fully saturated rings. The molecule has 0 aliphatic carbocycles. The highest BCUT2D eigenvalue weighted by Gasteiger charge is 2.39. The summed E-state index contributed by atoms with van der Waals surface area (Å²) in [5.41, 5.74) is 1.90. The van der Waals surface area contributed by atoms with E-state index in [2.05, 4.69) is 5.32 Å². The number of imide groups is 1. The van der Waals surface area contributed by atoms with Crippen LogP contribution in [0, 0.1) is 0 Å². The van der Waals surface area contributed by atoms with Gasteiger partial charge >= 0.3 is 5.97 Å². The van der Waals surface area contributed by atoms with E-state index in [9.17, 15) is 19.2 Å². The van der Waals surface area contributed by atoms with Crippen LogP contribution >= 0.6 is 11.6 Å². The maximum atomic E-state index is 12.9. The number of hydrogen-bond donors (Lipinski definition) is 1. The van der Waals surface area contributed by atoms with Crippen molar-refractivity contribution < 1.29 is 33.4 Å². The van der Waals surface area contributed by atoms with Gasteiger partial charge < -0.3 is 19.5 Å². The minimum Gasteiger partial charge on any atom is -0.493 e. The van der Waals surface area contributed by atoms with Crippen molar-refractivity contribution in [1.29, 1.82) is 0 Å². The summed E-state index contributed by atoms with van der Waals surface area (Å²) in [6, 6.07) is 17.3. The number of nitrogens with zero attached hydrogens (tertiary/aromatic N) is 1. The third kappa shape index (κ3) is 6.63. The van der Waals surface area contributed by atoms with Gasteiger partial charge in [0.1, 0.15) is 0 Å². The Morgan fingerprint density at radius 1 is 0.923 bits per heavy atom. The van der Waals surface area contributed by atoms with Gasteiger partial charge in [-0.15, -0.1) is 0 Å². The molecule has 3 aromatic carbocycles. The predicted molar refractivity (Wildman–Crippen MR) is 145 cm³/mol. The normalized spacial score (nSPS) is 14.8. The number of esters is 1. The second kappa shape index (κ2) is 12.6. The monoisotopic (exact) mass is 550 g/mol. The van der Waals surface area contributed by atoms with Crippen molar-refractivity contribution in [3.63, 3.8) is 0 Å². The van der Waals surface area contributed by atoms with Crippen molar-refractivity contribution in [2.75, 3.05) is 32.3 Å². The van der Waals surface area contributed by atoms with Gasteiger partial charge in [0.05, 0.1) is 37.9 Å². The van der Waals surface area contributed by atoms with Crippen LogP contribution in [0.1, 0.15) is 32.7 Å². The van der Waals surface area contributed by atoms with Gasteiger partial charge in [0.2, 0.25) is 5.91 Å². The van der Waals surface area contributed by atoms with E-state index in [0.29, 0.717) is 40.7 Å². The summed E-state index contributed by atoms with van der Waals surface area (Å²) in [6.45, 7) is 0.0501. The van der Waals surface area contributed by atoms with E-state index in [-0.39, 0.29) is 23.8 Å². The number of rotatable bonds is 11. The first kappa shape index (κ1) is 27.8. The lowest BCUT2D eigenvalue weighted by Gasteiger charge is -2.16. The number of carbonyl (C=O) groups is 4. The fourth-order valence-electron chi connectivity index (χ4n) is 4.16. The SMILES string of the molecule is COc1ccc(C(=O)COC(=O)c2ccc(N3C(=O)CC(NCCc4ccc(Cl)cc4)C3=O)cc2)cc1OC. The molecule has 1 N–H and O–H groups in total. The number of benzene rings is 3. The summed E-state index contributed by atoms with van der Waals surface area (Å²) in [6.07, 6.45) is 0.724. The third-order valence-electron chi connectivity index (χ3n) is 6.27. The Labute approximate surface area is 230 Å². The summed E-state index contributed by atoms with van der Waals surface area (Å²) < 4.78 is 15.5. The molecular weight excluding hydrogens is 524 g/mol. The van der Waals surface area contributed by atoms with Crippen molar-refractivity contribution in [3.05, 3.63) is 88.4 Å². The van der Waals surface area contributed by atoms with Gasteiger partial charge in [0, 0.05) is 10.6 Å². The lowest BCUT2D eigenvalue weighted by molar-refractivity contribution is -0.121. The van der Waals surface area contributed by atoms with E-state index < -0.39 is 24.4 Å². The van der Waals surface area contributed by atoms with Gasteiger partial charge in [0.15, 0.2) is 23.9 Å². The molecule has 2 amide bonds. The van der Waals surface area contributed by atoms with E-state index in [1.807, 2.05) is 12.1 Å². The maximum Gasteiger partial charge on any atom is 0.338 e. The number of nitrogens with one attached hydrogen (secondary N) is 1. The second-order valence-corrected chi connectivity index (χ2v) is 9.21. The number of ether oxygens (including phenoxy) is 3. The molecule has 10 heteroatoms. The molecule has 39 heavy (non-hydrogen) atoms. The van der Waals surface area contributed by atoms with Gasteiger partial charge in [-0.3, -0.25) is 14.4 Å². The number of halogens is 1. The summed E-state index contributed by atoms with van der Waals surface area (Å²) in [7, 11) is 2.94. The molecule has 9 nitrogen and oxygen atoms in total. The van der Waals surface area contributed by atoms with Crippen molar-refractivity contribution >= 4 is 40.9 Å². The molecule has 1 atom stereocenters. The zero-order valence-electron chi connectivity index (χ0n) is 21.4. The van der Waals surface area contributed by atoms with Crippen molar-refractivity contribution in [2.45, 2.75) is 18.9 Å². The molecule has 1 aliphatic rings. The van der Waals surface area contributed by atoms with Gasteiger partial charge in [-0.2, -0.15) is 0 Å². The second-order valence-electron chi connectivity index (χ2n) is 8.77. The van der Waals surface area contributed by atoms with Crippen LogP contribution in [-0.4, -0.2) is 57.0 Å². The van der Waals surface area contributed by atoms with E-state index in [0.717, 1.165) is 10.5 Å². The average Bonchev–Trinajstić information content (AvgIpc) is 3.24. The Morgan fingerprint density at radius 3 is 2.26 bits per heavy atom. The molecular formula is C29H27ClN2O7. The van der Waals surface area contributed by atoms with Crippen LogP contribution in [-0.2, 0) is 20.7 Å². The number of anilines is 1. The van der Waals surface area contributed by atoms with Crippen molar-refractivity contribution in [3.8, 4) is 11.5 Å². The Bertz CT molecular complexity index is 1370. The highest BCUT2D eigenvalue weighted by Crippen LogP contribution is 2.28. The molecule has 0 aromatic heterocycles. The first-order chi connectivity index (χ1) is 18.8. The van der Waals surface area contributed by atoms with Gasteiger partial charge in [-0.05, 0) is 73.1 Å². The topological polar surface area (TPSA) is 111 Å². The van der Waals surface area contributed by atoms with Crippen LogP contribution in [0.3, 0.4) is 0 Å². The standard InChI is InChI=1S/C29H27ClN2O7/c1-37-25-12-7-20(15-26(25)38-2)24(33)17-39-29(36)19-5-10-22(11-6-19)32-27(34)16-23(28(32)35)31-14-13-18-3-8-21(30)9-4-18/h3-12,15,23,31H,13-14,16-17H2,1-2H3. The molecule has 0 spiro atoms. The van der Waals surface area contributed by atoms with Crippen LogP contribution in [0.25, 0.3) is 0 Å². The smallest absolute Gasteiger partial charge is 0.338 e. The average molecular weight is 551 g/mol. The molecule has 0 bridgehead atoms.